The average molecular weight is 222 g/mol. The largest absolute Gasteiger partial charge is 0.469 e. The van der Waals surface area contributed by atoms with Gasteiger partial charge < -0.3 is 10.2 Å². The highest BCUT2D eigenvalue weighted by atomic mass is 16.3. The van der Waals surface area contributed by atoms with Crippen LogP contribution in [0.5, 0.6) is 0 Å². The molecular weight excluding hydrogens is 200 g/mol. The minimum Gasteiger partial charge on any atom is -0.469 e. The van der Waals surface area contributed by atoms with Crippen molar-refractivity contribution in [1.29, 1.82) is 0 Å². The molecule has 0 spiro atoms. The lowest BCUT2D eigenvalue weighted by atomic mass is 9.79. The van der Waals surface area contributed by atoms with E-state index >= 15 is 0 Å². The fourth-order valence-corrected chi connectivity index (χ4v) is 2.52. The molecule has 0 aromatic carbocycles. The van der Waals surface area contributed by atoms with Crippen LogP contribution in [0.4, 0.5) is 0 Å². The van der Waals surface area contributed by atoms with Crippen LogP contribution in [-0.2, 0) is 6.54 Å². The number of likely N-dealkylation sites (N-methyl/N-ethyl adjacent to an activating group) is 1. The van der Waals surface area contributed by atoms with Crippen LogP contribution in [0.3, 0.4) is 0 Å². The van der Waals surface area contributed by atoms with Gasteiger partial charge in [0.05, 0.1) is 6.26 Å². The summed E-state index contributed by atoms with van der Waals surface area (Å²) in [5.41, 5.74) is 7.16. The fraction of sp³-hybridized carbons (Fsp3) is 0.692. The molecule has 2 rings (SSSR count). The molecule has 3 nitrogen and oxygen atoms in total. The minimum atomic E-state index is 0.531. The van der Waals surface area contributed by atoms with Crippen LogP contribution in [0.1, 0.15) is 30.6 Å². The second-order valence-corrected chi connectivity index (χ2v) is 4.91. The number of furan rings is 1. The third-order valence-electron chi connectivity index (χ3n) is 3.89. The van der Waals surface area contributed by atoms with Crippen molar-refractivity contribution in [2.45, 2.75) is 38.8 Å². The first kappa shape index (κ1) is 11.7. The Morgan fingerprint density at radius 2 is 2.31 bits per heavy atom. The Morgan fingerprint density at radius 3 is 2.75 bits per heavy atom. The van der Waals surface area contributed by atoms with Crippen LogP contribution in [0.25, 0.3) is 0 Å². The van der Waals surface area contributed by atoms with Crippen molar-refractivity contribution < 1.29 is 4.42 Å². The molecule has 0 radical (unpaired) electrons. The molecule has 1 aliphatic carbocycles. The molecular formula is C13H22N2O. The Balaban J connectivity index is 1.95. The Morgan fingerprint density at radius 1 is 1.56 bits per heavy atom. The van der Waals surface area contributed by atoms with Crippen molar-refractivity contribution in [1.82, 2.24) is 4.90 Å². The number of rotatable bonds is 5. The van der Waals surface area contributed by atoms with Gasteiger partial charge in [-0.3, -0.25) is 4.90 Å². The average Bonchev–Trinajstić information content (AvgIpc) is 2.57. The van der Waals surface area contributed by atoms with Crippen LogP contribution in [0.15, 0.2) is 16.7 Å². The number of nitrogens with two attached hydrogens (primary N) is 1. The van der Waals surface area contributed by atoms with Gasteiger partial charge in [-0.15, -0.1) is 0 Å². The quantitative estimate of drug-likeness (QED) is 0.830. The van der Waals surface area contributed by atoms with E-state index in [-0.39, 0.29) is 0 Å². The molecule has 1 atom stereocenters. The highest BCUT2D eigenvalue weighted by Gasteiger charge is 2.29. The number of hydrogen-bond donors (Lipinski definition) is 1. The highest BCUT2D eigenvalue weighted by molar-refractivity contribution is 5.15. The SMILES string of the molecule is Cc1occc1CN(C)C(CN)C1CCC1. The first-order chi connectivity index (χ1) is 7.72. The van der Waals surface area contributed by atoms with E-state index in [9.17, 15) is 0 Å². The van der Waals surface area contributed by atoms with Gasteiger partial charge in [-0.25, -0.2) is 0 Å². The summed E-state index contributed by atoms with van der Waals surface area (Å²) in [6.45, 7) is 3.72. The van der Waals surface area contributed by atoms with Crippen molar-refractivity contribution in [3.05, 3.63) is 23.7 Å². The summed E-state index contributed by atoms with van der Waals surface area (Å²) in [6, 6.07) is 2.59. The lowest BCUT2D eigenvalue weighted by molar-refractivity contribution is 0.118. The van der Waals surface area contributed by atoms with E-state index in [1.54, 1.807) is 6.26 Å². The number of aryl methyl sites for hydroxylation is 1. The molecule has 90 valence electrons. The minimum absolute atomic E-state index is 0.531. The molecule has 1 aromatic heterocycles. The van der Waals surface area contributed by atoms with Crippen LogP contribution in [0, 0.1) is 12.8 Å². The van der Waals surface area contributed by atoms with Crippen LogP contribution in [-0.4, -0.2) is 24.5 Å². The van der Waals surface area contributed by atoms with Crippen LogP contribution >= 0.6 is 0 Å². The van der Waals surface area contributed by atoms with Gasteiger partial charge in [-0.2, -0.15) is 0 Å². The predicted molar refractivity (Wildman–Crippen MR) is 65.1 cm³/mol. The van der Waals surface area contributed by atoms with E-state index < -0.39 is 0 Å². The zero-order chi connectivity index (χ0) is 11.5. The molecule has 0 aliphatic heterocycles. The molecule has 1 fully saturated rings. The summed E-state index contributed by atoms with van der Waals surface area (Å²) in [5, 5.41) is 0. The topological polar surface area (TPSA) is 42.4 Å². The second kappa shape index (κ2) is 5.02. The molecule has 3 heteroatoms. The van der Waals surface area contributed by atoms with Gasteiger partial charge in [0.15, 0.2) is 0 Å². The first-order valence-corrected chi connectivity index (χ1v) is 6.15. The Kier molecular flexibility index (Phi) is 3.66. The molecule has 0 bridgehead atoms. The predicted octanol–water partition coefficient (Wildman–Crippen LogP) is 2.15. The highest BCUT2D eigenvalue weighted by Crippen LogP contribution is 2.32. The lowest BCUT2D eigenvalue weighted by Crippen LogP contribution is -2.45. The zero-order valence-electron chi connectivity index (χ0n) is 10.3. The fourth-order valence-electron chi connectivity index (χ4n) is 2.52. The monoisotopic (exact) mass is 222 g/mol. The third kappa shape index (κ3) is 2.30. The van der Waals surface area contributed by atoms with Gasteiger partial charge in [-0.05, 0) is 38.8 Å². The molecule has 1 heterocycles. The summed E-state index contributed by atoms with van der Waals surface area (Å²) in [6.07, 6.45) is 5.83. The summed E-state index contributed by atoms with van der Waals surface area (Å²) < 4.78 is 5.32. The standard InChI is InChI=1S/C13H22N2O/c1-10-12(6-7-16-10)9-15(2)13(8-14)11-4-3-5-11/h6-7,11,13H,3-5,8-9,14H2,1-2H3. The second-order valence-electron chi connectivity index (χ2n) is 4.91. The maximum atomic E-state index is 5.89. The molecule has 1 saturated carbocycles. The van der Waals surface area contributed by atoms with Crippen molar-refractivity contribution in [3.63, 3.8) is 0 Å². The van der Waals surface area contributed by atoms with E-state index in [1.807, 2.05) is 6.92 Å². The summed E-state index contributed by atoms with van der Waals surface area (Å²) in [4.78, 5) is 2.38. The smallest absolute Gasteiger partial charge is 0.105 e. The summed E-state index contributed by atoms with van der Waals surface area (Å²) >= 11 is 0. The van der Waals surface area contributed by atoms with Gasteiger partial charge in [0.25, 0.3) is 0 Å². The van der Waals surface area contributed by atoms with Gasteiger partial charge in [0, 0.05) is 24.7 Å². The molecule has 2 N–H and O–H groups in total. The van der Waals surface area contributed by atoms with E-state index in [0.29, 0.717) is 6.04 Å². The molecule has 0 saturated heterocycles. The molecule has 1 aromatic rings. The van der Waals surface area contributed by atoms with Gasteiger partial charge >= 0.3 is 0 Å². The Bertz CT molecular complexity index is 330. The molecule has 1 aliphatic rings. The van der Waals surface area contributed by atoms with Gasteiger partial charge in [0.2, 0.25) is 0 Å². The van der Waals surface area contributed by atoms with E-state index in [2.05, 4.69) is 18.0 Å². The van der Waals surface area contributed by atoms with Gasteiger partial charge in [0.1, 0.15) is 5.76 Å². The van der Waals surface area contributed by atoms with Crippen molar-refractivity contribution in [2.24, 2.45) is 11.7 Å². The van der Waals surface area contributed by atoms with Crippen LogP contribution in [0.2, 0.25) is 0 Å². The summed E-state index contributed by atoms with van der Waals surface area (Å²) in [5.74, 6) is 1.83. The Labute approximate surface area is 97.6 Å². The molecule has 16 heavy (non-hydrogen) atoms. The molecule has 1 unspecified atom stereocenters. The van der Waals surface area contributed by atoms with Crippen LogP contribution < -0.4 is 5.73 Å². The zero-order valence-corrected chi connectivity index (χ0v) is 10.3. The maximum absolute atomic E-state index is 5.89. The van der Waals surface area contributed by atoms with E-state index in [4.69, 9.17) is 10.2 Å². The molecule has 0 amide bonds. The third-order valence-corrected chi connectivity index (χ3v) is 3.89. The van der Waals surface area contributed by atoms with Crippen molar-refractivity contribution in [2.75, 3.05) is 13.6 Å². The maximum Gasteiger partial charge on any atom is 0.105 e. The normalized spacial score (nSPS) is 18.8. The van der Waals surface area contributed by atoms with E-state index in [0.717, 1.165) is 24.8 Å². The Hall–Kier alpha value is -0.800. The van der Waals surface area contributed by atoms with Gasteiger partial charge in [-0.1, -0.05) is 6.42 Å². The van der Waals surface area contributed by atoms with E-state index in [1.165, 1.54) is 24.8 Å². The lowest BCUT2D eigenvalue weighted by Gasteiger charge is -2.38. The summed E-state index contributed by atoms with van der Waals surface area (Å²) in [7, 11) is 2.17. The van der Waals surface area contributed by atoms with Crippen molar-refractivity contribution >= 4 is 0 Å². The first-order valence-electron chi connectivity index (χ1n) is 6.15. The van der Waals surface area contributed by atoms with Crippen molar-refractivity contribution in [3.8, 4) is 0 Å². The number of hydrogen-bond acceptors (Lipinski definition) is 3. The number of nitrogens with zero attached hydrogens (tertiary/aromatic N) is 1.